The van der Waals surface area contributed by atoms with Crippen molar-refractivity contribution in [3.05, 3.63) is 11.9 Å². The molecular weight excluding hydrogens is 220 g/mol. The van der Waals surface area contributed by atoms with Crippen molar-refractivity contribution in [3.8, 4) is 0 Å². The molecule has 1 N–H and O–H groups in total. The Kier molecular flexibility index (Phi) is 3.15. The standard InChI is InChI=1S/C11H18N4O2/c1-11(17)4-3-6-15(7-5-11)10(16)9-8-14(2)13-12-9/h8,17H,3-7H2,1-2H3. The van der Waals surface area contributed by atoms with Gasteiger partial charge in [0.1, 0.15) is 0 Å². The van der Waals surface area contributed by atoms with Crippen molar-refractivity contribution < 1.29 is 9.90 Å². The lowest BCUT2D eigenvalue weighted by atomic mass is 9.98. The maximum absolute atomic E-state index is 12.1. The second-order valence-corrected chi connectivity index (χ2v) is 4.92. The van der Waals surface area contributed by atoms with Gasteiger partial charge in [0, 0.05) is 20.1 Å². The van der Waals surface area contributed by atoms with Crippen LogP contribution >= 0.6 is 0 Å². The molecule has 1 aliphatic heterocycles. The molecule has 0 aliphatic carbocycles. The van der Waals surface area contributed by atoms with E-state index >= 15 is 0 Å². The summed E-state index contributed by atoms with van der Waals surface area (Å²) in [7, 11) is 1.73. The lowest BCUT2D eigenvalue weighted by Crippen LogP contribution is -2.33. The van der Waals surface area contributed by atoms with Gasteiger partial charge in [-0.25, -0.2) is 0 Å². The number of nitrogens with zero attached hydrogens (tertiary/aromatic N) is 4. The summed E-state index contributed by atoms with van der Waals surface area (Å²) in [5, 5.41) is 17.5. The number of aliphatic hydroxyl groups is 1. The summed E-state index contributed by atoms with van der Waals surface area (Å²) < 4.78 is 1.52. The molecule has 1 fully saturated rings. The van der Waals surface area contributed by atoms with Gasteiger partial charge in [0.05, 0.1) is 11.8 Å². The Labute approximate surface area is 100 Å². The predicted octanol–water partition coefficient (Wildman–Crippen LogP) is 0.192. The van der Waals surface area contributed by atoms with Gasteiger partial charge in [-0.15, -0.1) is 5.10 Å². The predicted molar refractivity (Wildman–Crippen MR) is 61.4 cm³/mol. The second kappa shape index (κ2) is 4.44. The highest BCUT2D eigenvalue weighted by Gasteiger charge is 2.28. The van der Waals surface area contributed by atoms with Crippen molar-refractivity contribution >= 4 is 5.91 Å². The van der Waals surface area contributed by atoms with Crippen LogP contribution in [0.2, 0.25) is 0 Å². The Morgan fingerprint density at radius 1 is 1.47 bits per heavy atom. The molecule has 17 heavy (non-hydrogen) atoms. The molecule has 1 unspecified atom stereocenters. The molecule has 1 saturated heterocycles. The van der Waals surface area contributed by atoms with E-state index in [4.69, 9.17) is 0 Å². The van der Waals surface area contributed by atoms with Crippen LogP contribution in [0.3, 0.4) is 0 Å². The molecule has 2 rings (SSSR count). The Bertz CT molecular complexity index is 413. The van der Waals surface area contributed by atoms with Crippen molar-refractivity contribution in [2.75, 3.05) is 13.1 Å². The van der Waals surface area contributed by atoms with Crippen molar-refractivity contribution in [1.82, 2.24) is 19.9 Å². The van der Waals surface area contributed by atoms with E-state index in [-0.39, 0.29) is 5.91 Å². The maximum atomic E-state index is 12.1. The van der Waals surface area contributed by atoms with Crippen LogP contribution < -0.4 is 0 Å². The molecule has 0 spiro atoms. The Morgan fingerprint density at radius 2 is 2.24 bits per heavy atom. The van der Waals surface area contributed by atoms with Crippen molar-refractivity contribution in [1.29, 1.82) is 0 Å². The third kappa shape index (κ3) is 2.82. The van der Waals surface area contributed by atoms with E-state index in [0.29, 0.717) is 25.2 Å². The molecular formula is C11H18N4O2. The number of likely N-dealkylation sites (tertiary alicyclic amines) is 1. The lowest BCUT2D eigenvalue weighted by Gasteiger charge is -2.21. The van der Waals surface area contributed by atoms with Gasteiger partial charge in [0.25, 0.3) is 5.91 Å². The zero-order valence-electron chi connectivity index (χ0n) is 10.3. The highest BCUT2D eigenvalue weighted by Crippen LogP contribution is 2.22. The molecule has 1 atom stereocenters. The number of aromatic nitrogens is 3. The molecule has 6 nitrogen and oxygen atoms in total. The van der Waals surface area contributed by atoms with Gasteiger partial charge in [-0.2, -0.15) is 0 Å². The van der Waals surface area contributed by atoms with Gasteiger partial charge in [-0.1, -0.05) is 5.21 Å². The fourth-order valence-electron chi connectivity index (χ4n) is 2.07. The molecule has 1 amide bonds. The molecule has 2 heterocycles. The van der Waals surface area contributed by atoms with Crippen molar-refractivity contribution in [2.45, 2.75) is 31.8 Å². The van der Waals surface area contributed by atoms with Crippen LogP contribution in [0.5, 0.6) is 0 Å². The van der Waals surface area contributed by atoms with E-state index in [1.54, 1.807) is 18.1 Å². The number of amides is 1. The molecule has 1 aliphatic rings. The monoisotopic (exact) mass is 238 g/mol. The number of carbonyl (C=O) groups excluding carboxylic acids is 1. The summed E-state index contributed by atoms with van der Waals surface area (Å²) in [6.07, 6.45) is 3.78. The normalized spacial score (nSPS) is 25.7. The topological polar surface area (TPSA) is 71.2 Å². The summed E-state index contributed by atoms with van der Waals surface area (Å²) in [6.45, 7) is 3.07. The van der Waals surface area contributed by atoms with Gasteiger partial charge in [-0.05, 0) is 26.2 Å². The molecule has 1 aromatic rings. The fourth-order valence-corrected chi connectivity index (χ4v) is 2.07. The quantitative estimate of drug-likeness (QED) is 0.758. The SMILES string of the molecule is Cn1cc(C(=O)N2CCCC(C)(O)CC2)nn1. The highest BCUT2D eigenvalue weighted by molar-refractivity contribution is 5.91. The van der Waals surface area contributed by atoms with Crippen LogP contribution in [0.15, 0.2) is 6.20 Å². The molecule has 6 heteroatoms. The summed E-state index contributed by atoms with van der Waals surface area (Å²) in [5.74, 6) is -0.101. The molecule has 0 aromatic carbocycles. The molecule has 1 aromatic heterocycles. The first kappa shape index (κ1) is 12.0. The van der Waals surface area contributed by atoms with E-state index in [0.717, 1.165) is 12.8 Å². The van der Waals surface area contributed by atoms with Crippen molar-refractivity contribution in [3.63, 3.8) is 0 Å². The Balaban J connectivity index is 2.05. The van der Waals surface area contributed by atoms with Crippen LogP contribution in [0, 0.1) is 0 Å². The minimum Gasteiger partial charge on any atom is -0.390 e. The highest BCUT2D eigenvalue weighted by atomic mass is 16.3. The first-order chi connectivity index (χ1) is 7.98. The van der Waals surface area contributed by atoms with E-state index in [1.165, 1.54) is 4.68 Å². The van der Waals surface area contributed by atoms with Gasteiger partial charge in [0.2, 0.25) is 0 Å². The van der Waals surface area contributed by atoms with Crippen molar-refractivity contribution in [2.24, 2.45) is 7.05 Å². The van der Waals surface area contributed by atoms with E-state index in [1.807, 2.05) is 6.92 Å². The van der Waals surface area contributed by atoms with Crippen LogP contribution in [-0.4, -0.2) is 49.6 Å². The molecule has 0 saturated carbocycles. The molecule has 94 valence electrons. The number of aryl methyl sites for hydroxylation is 1. The van der Waals surface area contributed by atoms with Gasteiger partial charge in [-0.3, -0.25) is 9.48 Å². The number of carbonyl (C=O) groups is 1. The Morgan fingerprint density at radius 3 is 2.88 bits per heavy atom. The fraction of sp³-hybridized carbons (Fsp3) is 0.727. The minimum atomic E-state index is -0.655. The minimum absolute atomic E-state index is 0.101. The number of rotatable bonds is 1. The largest absolute Gasteiger partial charge is 0.390 e. The maximum Gasteiger partial charge on any atom is 0.276 e. The van der Waals surface area contributed by atoms with Crippen LogP contribution in [0.25, 0.3) is 0 Å². The number of hydrogen-bond acceptors (Lipinski definition) is 4. The van der Waals surface area contributed by atoms with Crippen LogP contribution in [-0.2, 0) is 7.05 Å². The summed E-state index contributed by atoms with van der Waals surface area (Å²) in [5.41, 5.74) is -0.286. The van der Waals surface area contributed by atoms with E-state index in [2.05, 4.69) is 10.3 Å². The van der Waals surface area contributed by atoms with Gasteiger partial charge in [0.15, 0.2) is 5.69 Å². The summed E-state index contributed by atoms with van der Waals surface area (Å²) in [6, 6.07) is 0. The van der Waals surface area contributed by atoms with Crippen LogP contribution in [0.1, 0.15) is 36.7 Å². The smallest absolute Gasteiger partial charge is 0.276 e. The molecule has 0 radical (unpaired) electrons. The van der Waals surface area contributed by atoms with E-state index in [9.17, 15) is 9.90 Å². The second-order valence-electron chi connectivity index (χ2n) is 4.92. The third-order valence-corrected chi connectivity index (χ3v) is 3.17. The zero-order chi connectivity index (χ0) is 12.5. The molecule has 0 bridgehead atoms. The lowest BCUT2D eigenvalue weighted by molar-refractivity contribution is 0.0437. The third-order valence-electron chi connectivity index (χ3n) is 3.17. The first-order valence-electron chi connectivity index (χ1n) is 5.86. The van der Waals surface area contributed by atoms with Gasteiger partial charge >= 0.3 is 0 Å². The average molecular weight is 238 g/mol. The number of hydrogen-bond donors (Lipinski definition) is 1. The van der Waals surface area contributed by atoms with Crippen LogP contribution in [0.4, 0.5) is 0 Å². The summed E-state index contributed by atoms with van der Waals surface area (Å²) in [4.78, 5) is 13.8. The summed E-state index contributed by atoms with van der Waals surface area (Å²) >= 11 is 0. The average Bonchev–Trinajstić information content (AvgIpc) is 2.60. The van der Waals surface area contributed by atoms with E-state index < -0.39 is 5.60 Å². The Hall–Kier alpha value is -1.43. The zero-order valence-corrected chi connectivity index (χ0v) is 10.3. The first-order valence-corrected chi connectivity index (χ1v) is 5.86. The van der Waals surface area contributed by atoms with Gasteiger partial charge < -0.3 is 10.0 Å².